The number of para-hydroxylation sites is 1. The zero-order valence-corrected chi connectivity index (χ0v) is 11.4. The molecule has 0 saturated carbocycles. The third-order valence-corrected chi connectivity index (χ3v) is 3.28. The van der Waals surface area contributed by atoms with E-state index in [1.54, 1.807) is 0 Å². The Morgan fingerprint density at radius 1 is 1.21 bits per heavy atom. The van der Waals surface area contributed by atoms with E-state index in [-0.39, 0.29) is 5.92 Å². The highest BCUT2D eigenvalue weighted by Crippen LogP contribution is 2.28. The highest BCUT2D eigenvalue weighted by atomic mass is 16.4. The third kappa shape index (κ3) is 1.93. The summed E-state index contributed by atoms with van der Waals surface area (Å²) in [5.74, 6) is 1.53. The van der Waals surface area contributed by atoms with E-state index in [0.29, 0.717) is 11.8 Å². The van der Waals surface area contributed by atoms with E-state index < -0.39 is 0 Å². The number of rotatable bonds is 3. The molecule has 4 nitrogen and oxygen atoms in total. The summed E-state index contributed by atoms with van der Waals surface area (Å²) in [7, 11) is 0. The van der Waals surface area contributed by atoms with Gasteiger partial charge in [-0.2, -0.15) is 0 Å². The Morgan fingerprint density at radius 2 is 2.00 bits per heavy atom. The average molecular weight is 255 g/mol. The van der Waals surface area contributed by atoms with E-state index in [4.69, 9.17) is 4.42 Å². The van der Waals surface area contributed by atoms with Gasteiger partial charge in [-0.25, -0.2) is 0 Å². The fraction of sp³-hybridized carbons (Fsp3) is 0.333. The molecule has 2 aromatic heterocycles. The summed E-state index contributed by atoms with van der Waals surface area (Å²) in [6, 6.07) is 10.4. The Labute approximate surface area is 112 Å². The first-order chi connectivity index (χ1) is 9.20. The van der Waals surface area contributed by atoms with E-state index in [2.05, 4.69) is 39.9 Å². The zero-order chi connectivity index (χ0) is 13.4. The van der Waals surface area contributed by atoms with Crippen LogP contribution < -0.4 is 0 Å². The molecule has 0 aliphatic heterocycles. The van der Waals surface area contributed by atoms with Gasteiger partial charge < -0.3 is 8.98 Å². The molecule has 0 unspecified atom stereocenters. The van der Waals surface area contributed by atoms with Gasteiger partial charge in [0.25, 0.3) is 5.89 Å². The maximum atomic E-state index is 5.76. The van der Waals surface area contributed by atoms with Gasteiger partial charge in [0.15, 0.2) is 0 Å². The van der Waals surface area contributed by atoms with Crippen molar-refractivity contribution in [2.45, 2.75) is 33.2 Å². The largest absolute Gasteiger partial charge is 0.419 e. The van der Waals surface area contributed by atoms with Gasteiger partial charge >= 0.3 is 0 Å². The minimum absolute atomic E-state index is 0.251. The van der Waals surface area contributed by atoms with Gasteiger partial charge in [-0.15, -0.1) is 10.2 Å². The highest BCUT2D eigenvalue weighted by molar-refractivity contribution is 5.85. The molecule has 0 N–H and O–H groups in total. The Bertz CT molecular complexity index is 709. The van der Waals surface area contributed by atoms with Crippen LogP contribution in [0.15, 0.2) is 34.7 Å². The van der Waals surface area contributed by atoms with Crippen molar-refractivity contribution < 1.29 is 4.42 Å². The fourth-order valence-corrected chi connectivity index (χ4v) is 2.30. The second-order valence-electron chi connectivity index (χ2n) is 4.93. The molecule has 3 aromatic rings. The number of hydrogen-bond acceptors (Lipinski definition) is 3. The van der Waals surface area contributed by atoms with Gasteiger partial charge in [0.05, 0.1) is 0 Å². The Morgan fingerprint density at radius 3 is 2.68 bits per heavy atom. The van der Waals surface area contributed by atoms with Crippen molar-refractivity contribution in [1.29, 1.82) is 0 Å². The molecule has 0 amide bonds. The van der Waals surface area contributed by atoms with E-state index in [9.17, 15) is 0 Å². The number of nitrogens with zero attached hydrogens (tertiary/aromatic N) is 3. The SMILES string of the molecule is CCn1c(-c2nnc(C(C)C)o2)cc2ccccc21. The summed E-state index contributed by atoms with van der Waals surface area (Å²) in [5, 5.41) is 9.48. The minimum Gasteiger partial charge on any atom is -0.419 e. The van der Waals surface area contributed by atoms with Crippen molar-refractivity contribution in [2.24, 2.45) is 0 Å². The third-order valence-electron chi connectivity index (χ3n) is 3.28. The lowest BCUT2D eigenvalue weighted by Gasteiger charge is -2.04. The number of benzene rings is 1. The number of fused-ring (bicyclic) bond motifs is 1. The molecule has 0 atom stereocenters. The summed E-state index contributed by atoms with van der Waals surface area (Å²) in [5.41, 5.74) is 2.19. The van der Waals surface area contributed by atoms with Crippen LogP contribution in [0.3, 0.4) is 0 Å². The summed E-state index contributed by atoms with van der Waals surface area (Å²) >= 11 is 0. The minimum atomic E-state index is 0.251. The van der Waals surface area contributed by atoms with Crippen molar-refractivity contribution in [1.82, 2.24) is 14.8 Å². The molecule has 4 heteroatoms. The van der Waals surface area contributed by atoms with Gasteiger partial charge in [-0.05, 0) is 19.1 Å². The molecule has 0 aliphatic rings. The summed E-state index contributed by atoms with van der Waals surface area (Å²) in [4.78, 5) is 0. The average Bonchev–Trinajstić information content (AvgIpc) is 3.02. The quantitative estimate of drug-likeness (QED) is 0.714. The lowest BCUT2D eigenvalue weighted by Crippen LogP contribution is -1.96. The van der Waals surface area contributed by atoms with Crippen LogP contribution in [0.2, 0.25) is 0 Å². The maximum Gasteiger partial charge on any atom is 0.264 e. The van der Waals surface area contributed by atoms with Crippen molar-refractivity contribution in [3.8, 4) is 11.6 Å². The molecule has 0 saturated heterocycles. The molecule has 2 heterocycles. The first kappa shape index (κ1) is 12.0. The van der Waals surface area contributed by atoms with Crippen molar-refractivity contribution in [3.63, 3.8) is 0 Å². The van der Waals surface area contributed by atoms with Crippen LogP contribution in [-0.4, -0.2) is 14.8 Å². The molecular weight excluding hydrogens is 238 g/mol. The molecule has 0 radical (unpaired) electrons. The molecule has 19 heavy (non-hydrogen) atoms. The van der Waals surface area contributed by atoms with Gasteiger partial charge in [-0.3, -0.25) is 0 Å². The van der Waals surface area contributed by atoms with Crippen LogP contribution >= 0.6 is 0 Å². The normalized spacial score (nSPS) is 11.6. The van der Waals surface area contributed by atoms with Crippen LogP contribution in [0.1, 0.15) is 32.6 Å². The first-order valence-corrected chi connectivity index (χ1v) is 6.62. The molecule has 0 spiro atoms. The molecule has 0 aliphatic carbocycles. The van der Waals surface area contributed by atoms with Crippen LogP contribution in [0.25, 0.3) is 22.5 Å². The van der Waals surface area contributed by atoms with E-state index in [0.717, 1.165) is 12.2 Å². The van der Waals surface area contributed by atoms with Gasteiger partial charge in [0, 0.05) is 23.4 Å². The molecule has 0 bridgehead atoms. The maximum absolute atomic E-state index is 5.76. The van der Waals surface area contributed by atoms with Gasteiger partial charge in [-0.1, -0.05) is 32.0 Å². The van der Waals surface area contributed by atoms with E-state index in [1.807, 2.05) is 26.0 Å². The smallest absolute Gasteiger partial charge is 0.264 e. The fourth-order valence-electron chi connectivity index (χ4n) is 2.30. The number of hydrogen-bond donors (Lipinski definition) is 0. The Kier molecular flexibility index (Phi) is 2.85. The van der Waals surface area contributed by atoms with Crippen LogP contribution in [0.5, 0.6) is 0 Å². The number of aryl methyl sites for hydroxylation is 1. The van der Waals surface area contributed by atoms with Gasteiger partial charge in [0.1, 0.15) is 5.69 Å². The lowest BCUT2D eigenvalue weighted by atomic mass is 10.2. The summed E-state index contributed by atoms with van der Waals surface area (Å²) in [6.45, 7) is 7.09. The molecular formula is C15H17N3O. The van der Waals surface area contributed by atoms with Gasteiger partial charge in [0.2, 0.25) is 5.89 Å². The molecule has 0 fully saturated rings. The first-order valence-electron chi connectivity index (χ1n) is 6.62. The predicted molar refractivity (Wildman–Crippen MR) is 75.0 cm³/mol. The predicted octanol–water partition coefficient (Wildman–Crippen LogP) is 3.83. The van der Waals surface area contributed by atoms with Crippen molar-refractivity contribution in [3.05, 3.63) is 36.2 Å². The van der Waals surface area contributed by atoms with Crippen LogP contribution in [0.4, 0.5) is 0 Å². The van der Waals surface area contributed by atoms with Crippen molar-refractivity contribution in [2.75, 3.05) is 0 Å². The topological polar surface area (TPSA) is 43.9 Å². The zero-order valence-electron chi connectivity index (χ0n) is 11.4. The molecule has 1 aromatic carbocycles. The van der Waals surface area contributed by atoms with Crippen LogP contribution in [-0.2, 0) is 6.54 Å². The number of aromatic nitrogens is 3. The van der Waals surface area contributed by atoms with Crippen LogP contribution in [0, 0.1) is 0 Å². The lowest BCUT2D eigenvalue weighted by molar-refractivity contribution is 0.478. The Hall–Kier alpha value is -2.10. The van der Waals surface area contributed by atoms with Crippen molar-refractivity contribution >= 4 is 10.9 Å². The molecule has 98 valence electrons. The second kappa shape index (κ2) is 4.53. The highest BCUT2D eigenvalue weighted by Gasteiger charge is 2.16. The van der Waals surface area contributed by atoms with E-state index >= 15 is 0 Å². The van der Waals surface area contributed by atoms with E-state index in [1.165, 1.54) is 10.9 Å². The second-order valence-corrected chi connectivity index (χ2v) is 4.93. The summed E-state index contributed by atoms with van der Waals surface area (Å²) < 4.78 is 7.96. The monoisotopic (exact) mass is 255 g/mol. The molecule has 3 rings (SSSR count). The Balaban J connectivity index is 2.18. The summed E-state index contributed by atoms with van der Waals surface area (Å²) in [6.07, 6.45) is 0. The standard InChI is InChI=1S/C15H17N3O/c1-4-18-12-8-6-5-7-11(12)9-13(18)15-17-16-14(19-15)10(2)3/h5-10H,4H2,1-3H3.